The Hall–Kier alpha value is -0.970. The van der Waals surface area contributed by atoms with E-state index in [1.165, 1.54) is 0 Å². The number of pyridine rings is 1. The zero-order valence-corrected chi connectivity index (χ0v) is 11.3. The zero-order valence-electron chi connectivity index (χ0n) is 11.3. The van der Waals surface area contributed by atoms with Crippen LogP contribution in [0.2, 0.25) is 0 Å². The summed E-state index contributed by atoms with van der Waals surface area (Å²) in [5.41, 5.74) is 1.57. The molecule has 1 aliphatic rings. The van der Waals surface area contributed by atoms with E-state index in [0.29, 0.717) is 6.54 Å². The molecule has 2 heterocycles. The third-order valence-electron chi connectivity index (χ3n) is 3.48. The molecule has 2 N–H and O–H groups in total. The first-order valence-corrected chi connectivity index (χ1v) is 6.62. The average Bonchev–Trinajstić information content (AvgIpc) is 2.28. The first-order chi connectivity index (χ1) is 8.57. The Bertz CT molecular complexity index is 388. The Morgan fingerprint density at radius 1 is 1.39 bits per heavy atom. The molecule has 18 heavy (non-hydrogen) atoms. The molecule has 0 bridgehead atoms. The van der Waals surface area contributed by atoms with Gasteiger partial charge >= 0.3 is 0 Å². The van der Waals surface area contributed by atoms with Crippen molar-refractivity contribution >= 4 is 0 Å². The molecule has 0 atom stereocenters. The lowest BCUT2D eigenvalue weighted by molar-refractivity contribution is -0.0170. The molecule has 0 unspecified atom stereocenters. The van der Waals surface area contributed by atoms with Crippen LogP contribution < -0.4 is 5.32 Å². The Balaban J connectivity index is 1.90. The first kappa shape index (κ1) is 13.5. The summed E-state index contributed by atoms with van der Waals surface area (Å²) >= 11 is 0. The van der Waals surface area contributed by atoms with E-state index in [1.807, 2.05) is 32.2 Å². The third-order valence-corrected chi connectivity index (χ3v) is 3.48. The highest BCUT2D eigenvalue weighted by atomic mass is 16.3. The number of nitrogens with zero attached hydrogens (tertiary/aromatic N) is 2. The number of hydrogen-bond acceptors (Lipinski definition) is 4. The number of piperidine rings is 1. The third kappa shape index (κ3) is 3.77. The predicted molar refractivity (Wildman–Crippen MR) is 72.4 cm³/mol. The first-order valence-electron chi connectivity index (χ1n) is 6.62. The summed E-state index contributed by atoms with van der Waals surface area (Å²) in [4.78, 5) is 6.65. The number of rotatable bonds is 4. The van der Waals surface area contributed by atoms with Gasteiger partial charge in [-0.1, -0.05) is 6.07 Å². The van der Waals surface area contributed by atoms with Crippen LogP contribution in [0.3, 0.4) is 0 Å². The Morgan fingerprint density at radius 2 is 2.11 bits per heavy atom. The van der Waals surface area contributed by atoms with E-state index < -0.39 is 5.60 Å². The van der Waals surface area contributed by atoms with E-state index >= 15 is 0 Å². The molecule has 0 saturated carbocycles. The second-order valence-corrected chi connectivity index (χ2v) is 5.42. The molecule has 1 saturated heterocycles. The smallest absolute Gasteiger partial charge is 0.0798 e. The van der Waals surface area contributed by atoms with E-state index in [0.717, 1.165) is 43.9 Å². The SMILES string of the molecule is Cc1cccc(CN(C)CC2(O)CCNCC2)n1. The number of likely N-dealkylation sites (N-methyl/N-ethyl adjacent to an activating group) is 1. The number of aromatic nitrogens is 1. The summed E-state index contributed by atoms with van der Waals surface area (Å²) in [6, 6.07) is 6.07. The second-order valence-electron chi connectivity index (χ2n) is 5.42. The van der Waals surface area contributed by atoms with Gasteiger partial charge in [-0.3, -0.25) is 9.88 Å². The van der Waals surface area contributed by atoms with Crippen LogP contribution >= 0.6 is 0 Å². The van der Waals surface area contributed by atoms with Crippen LogP contribution in [0.1, 0.15) is 24.2 Å². The van der Waals surface area contributed by atoms with Gasteiger partial charge in [0, 0.05) is 18.8 Å². The van der Waals surface area contributed by atoms with Gasteiger partial charge in [-0.05, 0) is 52.0 Å². The molecule has 100 valence electrons. The van der Waals surface area contributed by atoms with Gasteiger partial charge in [-0.2, -0.15) is 0 Å². The zero-order chi connectivity index (χ0) is 13.0. The highest BCUT2D eigenvalue weighted by Gasteiger charge is 2.30. The molecule has 1 fully saturated rings. The summed E-state index contributed by atoms with van der Waals surface area (Å²) < 4.78 is 0. The van der Waals surface area contributed by atoms with Crippen LogP contribution in [0.4, 0.5) is 0 Å². The molecule has 4 heteroatoms. The van der Waals surface area contributed by atoms with E-state index in [9.17, 15) is 5.11 Å². The van der Waals surface area contributed by atoms with Gasteiger partial charge in [-0.25, -0.2) is 0 Å². The number of aryl methyl sites for hydroxylation is 1. The highest BCUT2D eigenvalue weighted by molar-refractivity contribution is 5.09. The van der Waals surface area contributed by atoms with Gasteiger partial charge < -0.3 is 10.4 Å². The Kier molecular flexibility index (Phi) is 4.32. The van der Waals surface area contributed by atoms with E-state index in [-0.39, 0.29) is 0 Å². The largest absolute Gasteiger partial charge is 0.388 e. The molecule has 1 aromatic heterocycles. The maximum Gasteiger partial charge on any atom is 0.0798 e. The fraction of sp³-hybridized carbons (Fsp3) is 0.643. The fourth-order valence-electron chi connectivity index (χ4n) is 2.57. The molecule has 0 radical (unpaired) electrons. The van der Waals surface area contributed by atoms with Gasteiger partial charge in [0.1, 0.15) is 0 Å². The molecular weight excluding hydrogens is 226 g/mol. The van der Waals surface area contributed by atoms with Crippen molar-refractivity contribution in [1.82, 2.24) is 15.2 Å². The molecule has 4 nitrogen and oxygen atoms in total. The standard InChI is InChI=1S/C14H23N3O/c1-12-4-3-5-13(16-12)10-17(2)11-14(18)6-8-15-9-7-14/h3-5,15,18H,6-11H2,1-2H3. The van der Waals surface area contributed by atoms with E-state index in [4.69, 9.17) is 0 Å². The van der Waals surface area contributed by atoms with Crippen molar-refractivity contribution in [2.45, 2.75) is 31.9 Å². The lowest BCUT2D eigenvalue weighted by Gasteiger charge is -2.35. The van der Waals surface area contributed by atoms with Crippen molar-refractivity contribution in [2.24, 2.45) is 0 Å². The van der Waals surface area contributed by atoms with Crippen LogP contribution in [0, 0.1) is 6.92 Å². The molecule has 1 aromatic rings. The molecular formula is C14H23N3O. The monoisotopic (exact) mass is 249 g/mol. The van der Waals surface area contributed by atoms with Crippen molar-refractivity contribution < 1.29 is 5.11 Å². The van der Waals surface area contributed by atoms with Gasteiger partial charge in [0.25, 0.3) is 0 Å². The fourth-order valence-corrected chi connectivity index (χ4v) is 2.57. The summed E-state index contributed by atoms with van der Waals surface area (Å²) in [5.74, 6) is 0. The van der Waals surface area contributed by atoms with Gasteiger partial charge in [0.2, 0.25) is 0 Å². The summed E-state index contributed by atoms with van der Waals surface area (Å²) in [5, 5.41) is 13.8. The van der Waals surface area contributed by atoms with Crippen LogP contribution in [-0.4, -0.2) is 47.3 Å². The molecule has 0 aliphatic carbocycles. The number of nitrogens with one attached hydrogen (secondary N) is 1. The minimum atomic E-state index is -0.538. The van der Waals surface area contributed by atoms with Gasteiger partial charge in [-0.15, -0.1) is 0 Å². The van der Waals surface area contributed by atoms with Crippen molar-refractivity contribution in [3.63, 3.8) is 0 Å². The highest BCUT2D eigenvalue weighted by Crippen LogP contribution is 2.19. The number of aliphatic hydroxyl groups is 1. The van der Waals surface area contributed by atoms with Crippen LogP contribution in [-0.2, 0) is 6.54 Å². The lowest BCUT2D eigenvalue weighted by atomic mass is 9.92. The summed E-state index contributed by atoms with van der Waals surface area (Å²) in [7, 11) is 2.05. The van der Waals surface area contributed by atoms with E-state index in [2.05, 4.69) is 15.2 Å². The number of hydrogen-bond donors (Lipinski definition) is 2. The van der Waals surface area contributed by atoms with Crippen LogP contribution in [0.15, 0.2) is 18.2 Å². The minimum absolute atomic E-state index is 0.538. The van der Waals surface area contributed by atoms with Crippen LogP contribution in [0.5, 0.6) is 0 Å². The van der Waals surface area contributed by atoms with Crippen molar-refractivity contribution in [1.29, 1.82) is 0 Å². The maximum absolute atomic E-state index is 10.5. The molecule has 2 rings (SSSR count). The predicted octanol–water partition coefficient (Wildman–Crippen LogP) is 0.936. The van der Waals surface area contributed by atoms with Crippen molar-refractivity contribution in [3.8, 4) is 0 Å². The molecule has 0 spiro atoms. The summed E-state index contributed by atoms with van der Waals surface area (Å²) in [6.07, 6.45) is 1.66. The minimum Gasteiger partial charge on any atom is -0.388 e. The summed E-state index contributed by atoms with van der Waals surface area (Å²) in [6.45, 7) is 5.33. The Morgan fingerprint density at radius 3 is 2.78 bits per heavy atom. The maximum atomic E-state index is 10.5. The van der Waals surface area contributed by atoms with E-state index in [1.54, 1.807) is 0 Å². The molecule has 1 aliphatic heterocycles. The second kappa shape index (κ2) is 5.78. The van der Waals surface area contributed by atoms with Crippen molar-refractivity contribution in [3.05, 3.63) is 29.6 Å². The van der Waals surface area contributed by atoms with Gasteiger partial charge in [0.15, 0.2) is 0 Å². The normalized spacial score (nSPS) is 19.1. The quantitative estimate of drug-likeness (QED) is 0.833. The van der Waals surface area contributed by atoms with Crippen molar-refractivity contribution in [2.75, 3.05) is 26.7 Å². The molecule has 0 amide bonds. The Labute approximate surface area is 109 Å². The lowest BCUT2D eigenvalue weighted by Crippen LogP contribution is -2.48. The van der Waals surface area contributed by atoms with Gasteiger partial charge in [0.05, 0.1) is 11.3 Å². The molecule has 0 aromatic carbocycles. The average molecular weight is 249 g/mol. The topological polar surface area (TPSA) is 48.4 Å². The van der Waals surface area contributed by atoms with Crippen LogP contribution in [0.25, 0.3) is 0 Å².